The third-order valence-electron chi connectivity index (χ3n) is 0. The minimum absolute atomic E-state index is 0. The molecule has 0 N–H and O–H groups in total. The van der Waals surface area contributed by atoms with Crippen molar-refractivity contribution in [1.29, 1.82) is 0 Å². The molecule has 48 valence electrons. The first-order chi connectivity index (χ1) is 3.41. The molecular formula is CK2O6S. The molecule has 0 aromatic carbocycles. The van der Waals surface area contributed by atoms with Gasteiger partial charge in [0.2, 0.25) is 0 Å². The summed E-state index contributed by atoms with van der Waals surface area (Å²) in [6, 6.07) is 0. The van der Waals surface area contributed by atoms with Crippen molar-refractivity contribution in [3.8, 4) is 0 Å². The quantitative estimate of drug-likeness (QED) is 0.226. The average Bonchev–Trinajstić information content (AvgIpc) is 1.27. The monoisotopic (exact) mass is 218 g/mol. The maximum atomic E-state index is 8.52. The zero-order valence-electron chi connectivity index (χ0n) is 5.36. The Labute approximate surface area is 143 Å². The van der Waals surface area contributed by atoms with E-state index in [2.05, 4.69) is 0 Å². The van der Waals surface area contributed by atoms with Gasteiger partial charge in [-0.25, -0.2) is 0 Å². The van der Waals surface area contributed by atoms with Gasteiger partial charge in [-0.3, -0.25) is 8.42 Å². The normalized spacial score (nSPS) is 6.60. The number of hydrogen-bond acceptors (Lipinski definition) is 6. The fourth-order valence-corrected chi connectivity index (χ4v) is 0. The van der Waals surface area contributed by atoms with E-state index < -0.39 is 10.4 Å². The maximum absolute atomic E-state index is 8.52. The third-order valence-corrected chi connectivity index (χ3v) is 0. The molecule has 0 bridgehead atoms. The molecule has 0 amide bonds. The Morgan fingerprint density at radius 3 is 1.00 bits per heavy atom. The van der Waals surface area contributed by atoms with Crippen molar-refractivity contribution in [3.63, 3.8) is 0 Å². The molecule has 0 aromatic rings. The van der Waals surface area contributed by atoms with Crippen molar-refractivity contribution >= 4 is 16.6 Å². The van der Waals surface area contributed by atoms with Gasteiger partial charge in [0.05, 0.1) is 0 Å². The number of hydrogen-bond donors (Lipinski definition) is 0. The Kier molecular flexibility index (Phi) is 32.2. The van der Waals surface area contributed by atoms with Gasteiger partial charge in [-0.2, -0.15) is 9.59 Å². The summed E-state index contributed by atoms with van der Waals surface area (Å²) in [6.07, 6.45) is 0.250. The molecule has 10 heavy (non-hydrogen) atoms. The van der Waals surface area contributed by atoms with Crippen LogP contribution < -0.4 is 103 Å². The molecule has 0 saturated carbocycles. The van der Waals surface area contributed by atoms with Gasteiger partial charge in [-0.1, -0.05) is 0 Å². The molecule has 0 fully saturated rings. The van der Waals surface area contributed by atoms with Crippen molar-refractivity contribution in [2.75, 3.05) is 0 Å². The SMILES string of the molecule is O=C=O.O=S(=O)([O-])[O-].[K+].[K+]. The van der Waals surface area contributed by atoms with Gasteiger partial charge >= 0.3 is 109 Å². The molecule has 0 saturated heterocycles. The average molecular weight is 218 g/mol. The van der Waals surface area contributed by atoms with Crippen molar-refractivity contribution in [2.24, 2.45) is 0 Å². The van der Waals surface area contributed by atoms with E-state index in [0.29, 0.717) is 0 Å². The third kappa shape index (κ3) is 150. The van der Waals surface area contributed by atoms with Crippen LogP contribution in [0.15, 0.2) is 0 Å². The summed E-state index contributed by atoms with van der Waals surface area (Å²) in [5.41, 5.74) is 0. The smallest absolute Gasteiger partial charge is 0.759 e. The molecule has 0 rings (SSSR count). The van der Waals surface area contributed by atoms with Crippen molar-refractivity contribution in [2.45, 2.75) is 0 Å². The molecule has 9 heteroatoms. The Hall–Kier alpha value is 2.52. The van der Waals surface area contributed by atoms with E-state index in [1.807, 2.05) is 0 Å². The fraction of sp³-hybridized carbons (Fsp3) is 0. The van der Waals surface area contributed by atoms with Gasteiger partial charge in [0.25, 0.3) is 0 Å². The molecule has 0 heterocycles. The summed E-state index contributed by atoms with van der Waals surface area (Å²) in [5, 5.41) is 0. The van der Waals surface area contributed by atoms with Crippen LogP contribution in [-0.4, -0.2) is 23.7 Å². The molecule has 0 aliphatic heterocycles. The first-order valence-electron chi connectivity index (χ1n) is 1.07. The fourth-order valence-electron chi connectivity index (χ4n) is 0. The Balaban J connectivity index is -0.0000000326. The van der Waals surface area contributed by atoms with Crippen molar-refractivity contribution < 1.29 is 130 Å². The summed E-state index contributed by atoms with van der Waals surface area (Å²) in [7, 11) is -5.17. The molecule has 0 aromatic heterocycles. The maximum Gasteiger partial charge on any atom is 1.00 e. The zero-order chi connectivity index (χ0) is 7.21. The summed E-state index contributed by atoms with van der Waals surface area (Å²) in [4.78, 5) is 16.2. The minimum Gasteiger partial charge on any atom is -0.759 e. The van der Waals surface area contributed by atoms with Gasteiger partial charge in [-0.05, 0) is 0 Å². The van der Waals surface area contributed by atoms with E-state index in [-0.39, 0.29) is 109 Å². The van der Waals surface area contributed by atoms with Crippen LogP contribution in [0.25, 0.3) is 0 Å². The zero-order valence-corrected chi connectivity index (χ0v) is 12.4. The van der Waals surface area contributed by atoms with E-state index in [4.69, 9.17) is 27.1 Å². The topological polar surface area (TPSA) is 114 Å². The summed E-state index contributed by atoms with van der Waals surface area (Å²) in [6.45, 7) is 0. The van der Waals surface area contributed by atoms with Gasteiger partial charge in [0.15, 0.2) is 0 Å². The number of carbonyl (C=O) groups excluding carboxylic acids is 2. The van der Waals surface area contributed by atoms with Crippen LogP contribution in [0.4, 0.5) is 0 Å². The van der Waals surface area contributed by atoms with Gasteiger partial charge in [0.1, 0.15) is 0 Å². The van der Waals surface area contributed by atoms with Crippen LogP contribution in [0.3, 0.4) is 0 Å². The van der Waals surface area contributed by atoms with Crippen LogP contribution in [0.2, 0.25) is 0 Å². The summed E-state index contributed by atoms with van der Waals surface area (Å²) >= 11 is 0. The van der Waals surface area contributed by atoms with Crippen molar-refractivity contribution in [1.82, 2.24) is 0 Å². The first-order valence-corrected chi connectivity index (χ1v) is 2.41. The van der Waals surface area contributed by atoms with E-state index in [9.17, 15) is 0 Å². The van der Waals surface area contributed by atoms with E-state index >= 15 is 0 Å². The molecule has 0 spiro atoms. The van der Waals surface area contributed by atoms with Crippen LogP contribution in [-0.2, 0) is 20.0 Å². The molecular weight excluding hydrogens is 218 g/mol. The standard InChI is InChI=1S/CO2.2K.H2O4S/c2-1-3;;;1-5(2,3)4/h;;;(H2,1,2,3,4)/q;2*+1;/p-2. The second kappa shape index (κ2) is 14.1. The van der Waals surface area contributed by atoms with Gasteiger partial charge < -0.3 is 9.11 Å². The van der Waals surface area contributed by atoms with Crippen LogP contribution in [0.1, 0.15) is 0 Å². The minimum atomic E-state index is -5.17. The molecule has 0 radical (unpaired) electrons. The predicted octanol–water partition coefficient (Wildman–Crippen LogP) is -7.91. The van der Waals surface area contributed by atoms with Crippen LogP contribution in [0.5, 0.6) is 0 Å². The van der Waals surface area contributed by atoms with E-state index in [1.165, 1.54) is 0 Å². The van der Waals surface area contributed by atoms with E-state index in [1.54, 1.807) is 0 Å². The molecule has 0 aliphatic carbocycles. The molecule has 0 unspecified atom stereocenters. The Bertz CT molecular complexity index is 156. The molecule has 0 atom stereocenters. The largest absolute Gasteiger partial charge is 1.00 e. The summed E-state index contributed by atoms with van der Waals surface area (Å²) in [5.74, 6) is 0. The predicted molar refractivity (Wildman–Crippen MR) is 15.5 cm³/mol. The first kappa shape index (κ1) is 22.9. The molecule has 0 aliphatic rings. The van der Waals surface area contributed by atoms with Gasteiger partial charge in [0, 0.05) is 10.4 Å². The van der Waals surface area contributed by atoms with Gasteiger partial charge in [-0.15, -0.1) is 0 Å². The van der Waals surface area contributed by atoms with E-state index in [0.717, 1.165) is 0 Å². The molecule has 6 nitrogen and oxygen atoms in total. The Morgan fingerprint density at radius 1 is 1.00 bits per heavy atom. The summed E-state index contributed by atoms with van der Waals surface area (Å²) < 4.78 is 34.1. The van der Waals surface area contributed by atoms with Crippen LogP contribution >= 0.6 is 0 Å². The van der Waals surface area contributed by atoms with Crippen molar-refractivity contribution in [3.05, 3.63) is 0 Å². The Morgan fingerprint density at radius 2 is 1.00 bits per heavy atom. The number of rotatable bonds is 0. The second-order valence-corrected chi connectivity index (χ2v) is 1.31. The van der Waals surface area contributed by atoms with Crippen LogP contribution in [0, 0.1) is 0 Å². The second-order valence-electron chi connectivity index (χ2n) is 0.492.